The average molecular weight is 389 g/mol. The fraction of sp³-hybridized carbons (Fsp3) is 1.00. The smallest absolute Gasteiger partial charge is 0.0543 e. The van der Waals surface area contributed by atoms with E-state index in [1.807, 2.05) is 0 Å². The van der Waals surface area contributed by atoms with Gasteiger partial charge in [0.25, 0.3) is 0 Å². The summed E-state index contributed by atoms with van der Waals surface area (Å²) in [7, 11) is 0. The van der Waals surface area contributed by atoms with E-state index in [4.69, 9.17) is 0 Å². The van der Waals surface area contributed by atoms with Crippen molar-refractivity contribution in [3.63, 3.8) is 0 Å². The van der Waals surface area contributed by atoms with Gasteiger partial charge in [-0.15, -0.1) is 0 Å². The van der Waals surface area contributed by atoms with Crippen molar-refractivity contribution in [2.45, 2.75) is 118 Å². The fourth-order valence-corrected chi connectivity index (χ4v) is 9.26. The van der Waals surface area contributed by atoms with Crippen LogP contribution in [0, 0.1) is 52.3 Å². The van der Waals surface area contributed by atoms with Crippen LogP contribution in [0.15, 0.2) is 0 Å². The molecule has 0 spiro atoms. The van der Waals surface area contributed by atoms with Crippen molar-refractivity contribution in [3.05, 3.63) is 0 Å². The van der Waals surface area contributed by atoms with Crippen LogP contribution >= 0.6 is 0 Å². The van der Waals surface area contributed by atoms with E-state index in [0.29, 0.717) is 10.8 Å². The Hall–Kier alpha value is -0.0400. The van der Waals surface area contributed by atoms with E-state index in [-0.39, 0.29) is 6.10 Å². The molecule has 0 aromatic carbocycles. The lowest BCUT2D eigenvalue weighted by atomic mass is 9.44. The number of hydrogen-bond acceptors (Lipinski definition) is 1. The van der Waals surface area contributed by atoms with Crippen molar-refractivity contribution in [3.8, 4) is 0 Å². The zero-order valence-electron chi connectivity index (χ0n) is 19.6. The van der Waals surface area contributed by atoms with Gasteiger partial charge in [-0.1, -0.05) is 53.9 Å². The normalized spacial score (nSPS) is 49.4. The second kappa shape index (κ2) is 7.90. The minimum absolute atomic E-state index is 0.00830. The molecule has 28 heavy (non-hydrogen) atoms. The third kappa shape index (κ3) is 3.50. The molecular formula is C27H48O. The van der Waals surface area contributed by atoms with Crippen LogP contribution in [0.3, 0.4) is 0 Å². The molecule has 1 N–H and O–H groups in total. The Kier molecular flexibility index (Phi) is 5.98. The van der Waals surface area contributed by atoms with E-state index in [0.717, 1.165) is 54.3 Å². The fourth-order valence-electron chi connectivity index (χ4n) is 9.26. The molecule has 4 aliphatic carbocycles. The molecule has 1 nitrogen and oxygen atoms in total. The maximum absolute atomic E-state index is 10.3. The van der Waals surface area contributed by atoms with Crippen LogP contribution in [0.2, 0.25) is 0 Å². The standard InChI is InChI=1S/C27H48O/c1-18(2)7-6-8-19(3)23-11-12-24-22-10-9-20-17-21(28)13-15-26(20,4)25(22)14-16-27(23,24)5/h18-25,28H,6-17H2,1-5H3/t19-,20-,21-,22+,23-,24+,25+,26-,27-/m0/s1. The molecular weight excluding hydrogens is 340 g/mol. The molecule has 0 aromatic rings. The van der Waals surface area contributed by atoms with Crippen LogP contribution in [-0.4, -0.2) is 11.2 Å². The highest BCUT2D eigenvalue weighted by Crippen LogP contribution is 2.68. The molecule has 0 aliphatic heterocycles. The Bertz CT molecular complexity index is 540. The minimum atomic E-state index is -0.00830. The van der Waals surface area contributed by atoms with Crippen molar-refractivity contribution >= 4 is 0 Å². The van der Waals surface area contributed by atoms with Gasteiger partial charge in [-0.3, -0.25) is 0 Å². The zero-order chi connectivity index (χ0) is 20.1. The third-order valence-electron chi connectivity index (χ3n) is 10.8. The lowest BCUT2D eigenvalue weighted by Gasteiger charge is -2.61. The first-order chi connectivity index (χ1) is 13.3. The van der Waals surface area contributed by atoms with Gasteiger partial charge in [0.05, 0.1) is 6.10 Å². The summed E-state index contributed by atoms with van der Waals surface area (Å²) < 4.78 is 0. The highest BCUT2D eigenvalue weighted by atomic mass is 16.3. The lowest BCUT2D eigenvalue weighted by molar-refractivity contribution is -0.129. The predicted octanol–water partition coefficient (Wildman–Crippen LogP) is 7.47. The van der Waals surface area contributed by atoms with Crippen molar-refractivity contribution in [1.82, 2.24) is 0 Å². The third-order valence-corrected chi connectivity index (χ3v) is 10.8. The van der Waals surface area contributed by atoms with E-state index in [1.54, 1.807) is 0 Å². The molecule has 0 unspecified atom stereocenters. The summed E-state index contributed by atoms with van der Waals surface area (Å²) in [5, 5.41) is 10.3. The number of rotatable bonds is 5. The SMILES string of the molecule is CC(C)CCC[C@H](C)[C@@H]1CC[C@@H]2[C@H]3CC[C@H]4C[C@@H](O)CC[C@]4(C)[C@@H]3CC[C@]21C. The summed E-state index contributed by atoms with van der Waals surface area (Å²) in [5.74, 6) is 6.49. The Morgan fingerprint density at radius 3 is 2.29 bits per heavy atom. The van der Waals surface area contributed by atoms with Crippen molar-refractivity contribution in [1.29, 1.82) is 0 Å². The molecule has 4 fully saturated rings. The molecule has 162 valence electrons. The second-order valence-electron chi connectivity index (χ2n) is 12.6. The molecule has 0 radical (unpaired) electrons. The van der Waals surface area contributed by atoms with Crippen LogP contribution in [0.1, 0.15) is 112 Å². The first-order valence-electron chi connectivity index (χ1n) is 12.9. The molecule has 4 aliphatic rings. The molecule has 1 heteroatoms. The maximum atomic E-state index is 10.3. The van der Waals surface area contributed by atoms with Crippen LogP contribution in [0.5, 0.6) is 0 Å². The van der Waals surface area contributed by atoms with E-state index < -0.39 is 0 Å². The van der Waals surface area contributed by atoms with Crippen LogP contribution in [0.4, 0.5) is 0 Å². The predicted molar refractivity (Wildman–Crippen MR) is 119 cm³/mol. The first kappa shape index (κ1) is 21.2. The number of fused-ring (bicyclic) bond motifs is 5. The first-order valence-corrected chi connectivity index (χ1v) is 12.9. The van der Waals surface area contributed by atoms with Gasteiger partial charge >= 0.3 is 0 Å². The molecule has 0 bridgehead atoms. The highest BCUT2D eigenvalue weighted by Gasteiger charge is 2.60. The molecule has 0 aromatic heterocycles. The quantitative estimate of drug-likeness (QED) is 0.518. The Labute approximate surface area is 175 Å². The van der Waals surface area contributed by atoms with Gasteiger partial charge in [0.1, 0.15) is 0 Å². The van der Waals surface area contributed by atoms with E-state index in [2.05, 4.69) is 34.6 Å². The Balaban J connectivity index is 1.46. The molecule has 0 heterocycles. The van der Waals surface area contributed by atoms with Gasteiger partial charge in [0, 0.05) is 0 Å². The maximum Gasteiger partial charge on any atom is 0.0543 e. The Morgan fingerprint density at radius 2 is 1.54 bits per heavy atom. The topological polar surface area (TPSA) is 20.2 Å². The summed E-state index contributed by atoms with van der Waals surface area (Å²) in [6.45, 7) is 12.7. The van der Waals surface area contributed by atoms with Crippen molar-refractivity contribution < 1.29 is 5.11 Å². The van der Waals surface area contributed by atoms with Gasteiger partial charge in [0.2, 0.25) is 0 Å². The zero-order valence-corrected chi connectivity index (χ0v) is 19.6. The monoisotopic (exact) mass is 388 g/mol. The molecule has 0 amide bonds. The van der Waals surface area contributed by atoms with Crippen LogP contribution in [0.25, 0.3) is 0 Å². The summed E-state index contributed by atoms with van der Waals surface area (Å²) in [5.41, 5.74) is 1.15. The molecule has 4 rings (SSSR count). The van der Waals surface area contributed by atoms with E-state index >= 15 is 0 Å². The average Bonchev–Trinajstić information content (AvgIpc) is 2.99. The van der Waals surface area contributed by atoms with Gasteiger partial charge in [-0.05, 0) is 110 Å². The second-order valence-corrected chi connectivity index (χ2v) is 12.6. The largest absolute Gasteiger partial charge is 0.393 e. The summed E-state index contributed by atoms with van der Waals surface area (Å²) >= 11 is 0. The van der Waals surface area contributed by atoms with Gasteiger partial charge in [0.15, 0.2) is 0 Å². The van der Waals surface area contributed by atoms with E-state index in [9.17, 15) is 5.11 Å². The van der Waals surface area contributed by atoms with Crippen LogP contribution in [-0.2, 0) is 0 Å². The number of aliphatic hydroxyl groups is 1. The van der Waals surface area contributed by atoms with Crippen molar-refractivity contribution in [2.24, 2.45) is 52.3 Å². The van der Waals surface area contributed by atoms with Gasteiger partial charge in [-0.25, -0.2) is 0 Å². The summed E-state index contributed by atoms with van der Waals surface area (Å²) in [4.78, 5) is 0. The van der Waals surface area contributed by atoms with E-state index in [1.165, 1.54) is 64.2 Å². The molecule has 0 saturated heterocycles. The highest BCUT2D eigenvalue weighted by molar-refractivity contribution is 5.09. The summed E-state index contributed by atoms with van der Waals surface area (Å²) in [6, 6.07) is 0. The lowest BCUT2D eigenvalue weighted by Crippen LogP contribution is -2.54. The van der Waals surface area contributed by atoms with Gasteiger partial charge in [-0.2, -0.15) is 0 Å². The van der Waals surface area contributed by atoms with Gasteiger partial charge < -0.3 is 5.11 Å². The van der Waals surface area contributed by atoms with Crippen molar-refractivity contribution in [2.75, 3.05) is 0 Å². The Morgan fingerprint density at radius 1 is 0.821 bits per heavy atom. The minimum Gasteiger partial charge on any atom is -0.393 e. The number of hydrogen-bond donors (Lipinski definition) is 1. The number of aliphatic hydroxyl groups excluding tert-OH is 1. The molecule has 9 atom stereocenters. The summed E-state index contributed by atoms with van der Waals surface area (Å²) in [6.07, 6.45) is 16.6. The molecule has 4 saturated carbocycles. The van der Waals surface area contributed by atoms with Crippen LogP contribution < -0.4 is 0 Å².